The highest BCUT2D eigenvalue weighted by Crippen LogP contribution is 2.37. The quantitative estimate of drug-likeness (QED) is 0.659. The van der Waals surface area contributed by atoms with Gasteiger partial charge in [-0.15, -0.1) is 0 Å². The second kappa shape index (κ2) is 6.03. The summed E-state index contributed by atoms with van der Waals surface area (Å²) in [4.78, 5) is 15.4. The van der Waals surface area contributed by atoms with Crippen molar-refractivity contribution in [3.8, 4) is 11.1 Å². The SMILES string of the molecule is CCOC(=O)c1[nH]c2ccc(Cl)cc2c1-c1ccccc1Cl. The lowest BCUT2D eigenvalue weighted by Gasteiger charge is -2.07. The van der Waals surface area contributed by atoms with E-state index in [1.165, 1.54) is 0 Å². The number of fused-ring (bicyclic) bond motifs is 1. The van der Waals surface area contributed by atoms with E-state index in [0.717, 1.165) is 16.5 Å². The molecule has 0 amide bonds. The smallest absolute Gasteiger partial charge is 0.355 e. The van der Waals surface area contributed by atoms with Crippen LogP contribution in [-0.2, 0) is 4.74 Å². The van der Waals surface area contributed by atoms with Crippen LogP contribution in [0.4, 0.5) is 0 Å². The molecular weight excluding hydrogens is 321 g/mol. The van der Waals surface area contributed by atoms with Crippen LogP contribution in [0.5, 0.6) is 0 Å². The minimum Gasteiger partial charge on any atom is -0.461 e. The fourth-order valence-corrected chi connectivity index (χ4v) is 2.87. The molecule has 0 spiro atoms. The number of ether oxygens (including phenoxy) is 1. The van der Waals surface area contributed by atoms with Crippen LogP contribution in [0.15, 0.2) is 42.5 Å². The summed E-state index contributed by atoms with van der Waals surface area (Å²) in [6.07, 6.45) is 0. The Kier molecular flexibility index (Phi) is 4.10. The number of esters is 1. The number of hydrogen-bond acceptors (Lipinski definition) is 2. The lowest BCUT2D eigenvalue weighted by Crippen LogP contribution is -2.06. The largest absolute Gasteiger partial charge is 0.461 e. The number of carbonyl (C=O) groups is 1. The zero-order valence-electron chi connectivity index (χ0n) is 11.8. The molecule has 3 aromatic rings. The van der Waals surface area contributed by atoms with Crippen molar-refractivity contribution >= 4 is 40.1 Å². The van der Waals surface area contributed by atoms with E-state index in [1.807, 2.05) is 30.3 Å². The number of hydrogen-bond donors (Lipinski definition) is 1. The lowest BCUT2D eigenvalue weighted by atomic mass is 10.0. The second-order valence-corrected chi connectivity index (χ2v) is 5.61. The first-order valence-corrected chi connectivity index (χ1v) is 7.60. The molecule has 22 heavy (non-hydrogen) atoms. The molecule has 1 aromatic heterocycles. The van der Waals surface area contributed by atoms with Gasteiger partial charge in [-0.05, 0) is 31.2 Å². The van der Waals surface area contributed by atoms with E-state index in [-0.39, 0.29) is 0 Å². The third-order valence-electron chi connectivity index (χ3n) is 3.38. The van der Waals surface area contributed by atoms with Crippen LogP contribution in [0, 0.1) is 0 Å². The highest BCUT2D eigenvalue weighted by molar-refractivity contribution is 6.34. The summed E-state index contributed by atoms with van der Waals surface area (Å²) in [7, 11) is 0. The molecule has 2 aromatic carbocycles. The normalized spacial score (nSPS) is 10.9. The molecule has 0 aliphatic rings. The molecule has 0 unspecified atom stereocenters. The third kappa shape index (κ3) is 2.58. The Labute approximate surface area is 137 Å². The molecule has 0 fully saturated rings. The summed E-state index contributed by atoms with van der Waals surface area (Å²) in [6.45, 7) is 2.07. The summed E-state index contributed by atoms with van der Waals surface area (Å²) in [6, 6.07) is 12.8. The highest BCUT2D eigenvalue weighted by Gasteiger charge is 2.21. The number of halogens is 2. The van der Waals surface area contributed by atoms with Crippen LogP contribution < -0.4 is 0 Å². The lowest BCUT2D eigenvalue weighted by molar-refractivity contribution is 0.0521. The molecule has 0 saturated carbocycles. The van der Waals surface area contributed by atoms with Crippen LogP contribution in [0.2, 0.25) is 10.0 Å². The molecule has 5 heteroatoms. The van der Waals surface area contributed by atoms with E-state index in [9.17, 15) is 4.79 Å². The molecule has 3 rings (SSSR count). The topological polar surface area (TPSA) is 42.1 Å². The molecule has 0 radical (unpaired) electrons. The van der Waals surface area contributed by atoms with Gasteiger partial charge in [0.2, 0.25) is 0 Å². The van der Waals surface area contributed by atoms with Crippen molar-refractivity contribution < 1.29 is 9.53 Å². The van der Waals surface area contributed by atoms with Crippen molar-refractivity contribution in [3.05, 3.63) is 58.2 Å². The molecule has 0 aliphatic carbocycles. The molecule has 0 bridgehead atoms. The summed E-state index contributed by atoms with van der Waals surface area (Å²) in [5.74, 6) is -0.412. The number of H-pyrrole nitrogens is 1. The van der Waals surface area contributed by atoms with Gasteiger partial charge >= 0.3 is 5.97 Å². The van der Waals surface area contributed by atoms with Crippen LogP contribution in [0.3, 0.4) is 0 Å². The van der Waals surface area contributed by atoms with Gasteiger partial charge in [0.15, 0.2) is 0 Å². The van der Waals surface area contributed by atoms with E-state index in [0.29, 0.717) is 27.9 Å². The van der Waals surface area contributed by atoms with Gasteiger partial charge in [-0.1, -0.05) is 41.4 Å². The summed E-state index contributed by atoms with van der Waals surface area (Å²) in [5.41, 5.74) is 2.66. The summed E-state index contributed by atoms with van der Waals surface area (Å²) < 4.78 is 5.14. The van der Waals surface area contributed by atoms with Gasteiger partial charge in [0.05, 0.1) is 6.61 Å². The average molecular weight is 334 g/mol. The first-order chi connectivity index (χ1) is 10.6. The van der Waals surface area contributed by atoms with Crippen LogP contribution in [0.1, 0.15) is 17.4 Å². The van der Waals surface area contributed by atoms with E-state index < -0.39 is 5.97 Å². The van der Waals surface area contributed by atoms with E-state index >= 15 is 0 Å². The Hall–Kier alpha value is -1.97. The Morgan fingerprint density at radius 3 is 2.68 bits per heavy atom. The first-order valence-electron chi connectivity index (χ1n) is 6.85. The second-order valence-electron chi connectivity index (χ2n) is 4.77. The first kappa shape index (κ1) is 14.9. The van der Waals surface area contributed by atoms with Gasteiger partial charge in [0.25, 0.3) is 0 Å². The van der Waals surface area contributed by atoms with E-state index in [1.54, 1.807) is 19.1 Å². The fraction of sp³-hybridized carbons (Fsp3) is 0.118. The average Bonchev–Trinajstić information content (AvgIpc) is 2.86. The predicted octanol–water partition coefficient (Wildman–Crippen LogP) is 5.32. The van der Waals surface area contributed by atoms with Crippen molar-refractivity contribution in [1.29, 1.82) is 0 Å². The fourth-order valence-electron chi connectivity index (χ4n) is 2.46. The van der Waals surface area contributed by atoms with Crippen LogP contribution in [-0.4, -0.2) is 17.6 Å². The van der Waals surface area contributed by atoms with Gasteiger partial charge in [-0.2, -0.15) is 0 Å². The van der Waals surface area contributed by atoms with Crippen molar-refractivity contribution in [1.82, 2.24) is 4.98 Å². The molecule has 0 saturated heterocycles. The van der Waals surface area contributed by atoms with Gasteiger partial charge in [-0.25, -0.2) is 4.79 Å². The van der Waals surface area contributed by atoms with Gasteiger partial charge in [0.1, 0.15) is 5.69 Å². The summed E-state index contributed by atoms with van der Waals surface area (Å²) in [5, 5.41) is 1.99. The zero-order valence-corrected chi connectivity index (χ0v) is 13.3. The zero-order chi connectivity index (χ0) is 15.7. The van der Waals surface area contributed by atoms with Gasteiger partial charge in [-0.3, -0.25) is 0 Å². The highest BCUT2D eigenvalue weighted by atomic mass is 35.5. The number of nitrogens with one attached hydrogen (secondary N) is 1. The maximum absolute atomic E-state index is 12.3. The Bertz CT molecular complexity index is 855. The minimum atomic E-state index is -0.412. The van der Waals surface area contributed by atoms with Crippen molar-refractivity contribution in [2.75, 3.05) is 6.61 Å². The minimum absolute atomic E-state index is 0.302. The Morgan fingerprint density at radius 1 is 1.18 bits per heavy atom. The third-order valence-corrected chi connectivity index (χ3v) is 3.95. The molecule has 1 N–H and O–H groups in total. The predicted molar refractivity (Wildman–Crippen MR) is 89.7 cm³/mol. The maximum atomic E-state index is 12.3. The monoisotopic (exact) mass is 333 g/mol. The number of benzene rings is 2. The summed E-state index contributed by atoms with van der Waals surface area (Å²) >= 11 is 12.4. The van der Waals surface area contributed by atoms with Gasteiger partial charge < -0.3 is 9.72 Å². The molecule has 0 atom stereocenters. The van der Waals surface area contributed by atoms with Crippen molar-refractivity contribution in [3.63, 3.8) is 0 Å². The Balaban J connectivity index is 2.33. The maximum Gasteiger partial charge on any atom is 0.355 e. The van der Waals surface area contributed by atoms with E-state index in [2.05, 4.69) is 4.98 Å². The van der Waals surface area contributed by atoms with E-state index in [4.69, 9.17) is 27.9 Å². The number of aromatic amines is 1. The van der Waals surface area contributed by atoms with Crippen LogP contribution in [0.25, 0.3) is 22.0 Å². The Morgan fingerprint density at radius 2 is 1.95 bits per heavy atom. The molecule has 0 aliphatic heterocycles. The van der Waals surface area contributed by atoms with Crippen molar-refractivity contribution in [2.24, 2.45) is 0 Å². The van der Waals surface area contributed by atoms with Crippen LogP contribution >= 0.6 is 23.2 Å². The molecule has 3 nitrogen and oxygen atoms in total. The number of aromatic nitrogens is 1. The van der Waals surface area contributed by atoms with Crippen molar-refractivity contribution in [2.45, 2.75) is 6.92 Å². The molecule has 1 heterocycles. The number of rotatable bonds is 3. The van der Waals surface area contributed by atoms with Gasteiger partial charge in [0, 0.05) is 32.1 Å². The molecule has 112 valence electrons. The number of carbonyl (C=O) groups excluding carboxylic acids is 1. The molecular formula is C17H13Cl2NO2. The standard InChI is InChI=1S/C17H13Cl2NO2/c1-2-22-17(21)16-15(11-5-3-4-6-13(11)19)12-9-10(18)7-8-14(12)20-16/h3-9,20H,2H2,1H3.